The molecule has 0 aliphatic carbocycles. The van der Waals surface area contributed by atoms with Gasteiger partial charge in [-0.1, -0.05) is 12.1 Å². The highest BCUT2D eigenvalue weighted by Gasteiger charge is 2.23. The lowest BCUT2D eigenvalue weighted by molar-refractivity contribution is -0.172. The average molecular weight is 250 g/mol. The summed E-state index contributed by atoms with van der Waals surface area (Å²) in [4.78, 5) is 28.6. The van der Waals surface area contributed by atoms with Crippen molar-refractivity contribution in [3.8, 4) is 0 Å². The number of hydrogen-bond donors (Lipinski definition) is 0. The Hall–Kier alpha value is -2.08. The summed E-state index contributed by atoms with van der Waals surface area (Å²) < 4.78 is 6.39. The first-order chi connectivity index (χ1) is 8.56. The lowest BCUT2D eigenvalue weighted by Gasteiger charge is -2.19. The lowest BCUT2D eigenvalue weighted by Crippen LogP contribution is -2.35. The van der Waals surface area contributed by atoms with E-state index in [1.165, 1.54) is 18.7 Å². The maximum Gasteiger partial charge on any atom is 0.420 e. The highest BCUT2D eigenvalue weighted by Crippen LogP contribution is 2.17. The highest BCUT2D eigenvalue weighted by atomic mass is 16.7. The Morgan fingerprint density at radius 2 is 2.11 bits per heavy atom. The van der Waals surface area contributed by atoms with Gasteiger partial charge in [0, 0.05) is 7.05 Å². The summed E-state index contributed by atoms with van der Waals surface area (Å²) in [6.45, 7) is 1.63. The van der Waals surface area contributed by atoms with Crippen LogP contribution in [0.4, 0.5) is 0 Å². The lowest BCUT2D eigenvalue weighted by atomic mass is 10.2. The first-order valence-electron chi connectivity index (χ1n) is 5.48. The first-order valence-corrected chi connectivity index (χ1v) is 5.48. The van der Waals surface area contributed by atoms with Crippen molar-refractivity contribution in [2.45, 2.75) is 13.0 Å². The maximum absolute atomic E-state index is 12.0. The summed E-state index contributed by atoms with van der Waals surface area (Å²) in [5, 5.41) is 1.08. The van der Waals surface area contributed by atoms with Crippen molar-refractivity contribution in [1.29, 1.82) is 0 Å². The molecule has 0 N–H and O–H groups in total. The number of para-hydroxylation sites is 2. The molecule has 0 radical (unpaired) electrons. The van der Waals surface area contributed by atoms with E-state index < -0.39 is 11.8 Å². The molecule has 2 aromatic rings. The van der Waals surface area contributed by atoms with E-state index in [1.54, 1.807) is 31.2 Å². The molecule has 0 fully saturated rings. The van der Waals surface area contributed by atoms with Crippen LogP contribution in [0.1, 0.15) is 13.0 Å². The molecule has 1 heterocycles. The summed E-state index contributed by atoms with van der Waals surface area (Å²) >= 11 is 0. The zero-order valence-corrected chi connectivity index (χ0v) is 10.4. The fourth-order valence-corrected chi connectivity index (χ4v) is 1.81. The number of carbonyl (C=O) groups excluding carboxylic acids is 1. The molecule has 2 rings (SSSR count). The third kappa shape index (κ3) is 1.91. The first kappa shape index (κ1) is 12.4. The highest BCUT2D eigenvalue weighted by molar-refractivity contribution is 5.82. The Morgan fingerprint density at radius 3 is 2.78 bits per heavy atom. The number of fused-ring (bicyclic) bond motifs is 1. The fourth-order valence-electron chi connectivity index (χ4n) is 1.81. The van der Waals surface area contributed by atoms with Gasteiger partial charge in [0.2, 0.25) is 0 Å². The van der Waals surface area contributed by atoms with Gasteiger partial charge in [-0.25, -0.2) is 9.86 Å². The smallest absolute Gasteiger partial charge is 0.408 e. The van der Waals surface area contributed by atoms with Gasteiger partial charge in [-0.05, 0) is 19.1 Å². The molecule has 0 saturated carbocycles. The molecule has 0 saturated heterocycles. The summed E-state index contributed by atoms with van der Waals surface area (Å²) in [5.74, 6) is -0.882. The largest absolute Gasteiger partial charge is 0.420 e. The number of nitrogens with zero attached hydrogens (tertiary/aromatic N) is 2. The third-order valence-electron chi connectivity index (χ3n) is 2.85. The molecule has 1 aromatic heterocycles. The minimum Gasteiger partial charge on any atom is -0.408 e. The Morgan fingerprint density at radius 1 is 1.44 bits per heavy atom. The van der Waals surface area contributed by atoms with Crippen molar-refractivity contribution in [1.82, 2.24) is 9.63 Å². The second kappa shape index (κ2) is 4.66. The number of aromatic nitrogens is 1. The van der Waals surface area contributed by atoms with Crippen molar-refractivity contribution >= 4 is 17.0 Å². The van der Waals surface area contributed by atoms with Crippen molar-refractivity contribution in [2.75, 3.05) is 14.2 Å². The number of likely N-dealkylation sites (N-methyl/N-ethyl adjacent to an activating group) is 1. The molecule has 18 heavy (non-hydrogen) atoms. The fraction of sp³-hybridized carbons (Fsp3) is 0.333. The van der Waals surface area contributed by atoms with Crippen LogP contribution in [0.25, 0.3) is 11.1 Å². The molecule has 1 unspecified atom stereocenters. The molecule has 6 heteroatoms. The minimum absolute atomic E-state index is 0.328. The van der Waals surface area contributed by atoms with Gasteiger partial charge in [0.25, 0.3) is 5.91 Å². The van der Waals surface area contributed by atoms with E-state index in [0.29, 0.717) is 11.1 Å². The number of hydrogen-bond acceptors (Lipinski definition) is 4. The number of amides is 1. The summed E-state index contributed by atoms with van der Waals surface area (Å²) in [6, 6.07) is 6.28. The van der Waals surface area contributed by atoms with Gasteiger partial charge in [0.05, 0.1) is 12.6 Å². The van der Waals surface area contributed by atoms with Crippen molar-refractivity contribution < 1.29 is 14.0 Å². The van der Waals surface area contributed by atoms with Crippen LogP contribution in [0.2, 0.25) is 0 Å². The SMILES string of the molecule is CON(C)C(=O)C(C)n1c(=O)oc2ccccc21. The van der Waals surface area contributed by atoms with Crippen LogP contribution in [-0.4, -0.2) is 29.7 Å². The standard InChI is InChI=1S/C12H14N2O4/c1-8(11(15)13(2)17-3)14-9-6-4-5-7-10(9)18-12(14)16/h4-8H,1-3H3. The molecule has 0 bridgehead atoms. The zero-order chi connectivity index (χ0) is 13.3. The van der Waals surface area contributed by atoms with Crippen molar-refractivity contribution in [3.63, 3.8) is 0 Å². The average Bonchev–Trinajstić information content (AvgIpc) is 2.71. The zero-order valence-electron chi connectivity index (χ0n) is 10.4. The topological polar surface area (TPSA) is 64.7 Å². The Balaban J connectivity index is 2.51. The Bertz CT molecular complexity index is 628. The van der Waals surface area contributed by atoms with Crippen molar-refractivity contribution in [2.24, 2.45) is 0 Å². The molecule has 0 spiro atoms. The molecule has 6 nitrogen and oxygen atoms in total. The molecule has 1 atom stereocenters. The number of rotatable bonds is 3. The van der Waals surface area contributed by atoms with Crippen LogP contribution in [0, 0.1) is 0 Å². The predicted molar refractivity (Wildman–Crippen MR) is 65.0 cm³/mol. The molecular weight excluding hydrogens is 236 g/mol. The Labute approximate surface area is 103 Å². The van der Waals surface area contributed by atoms with E-state index in [1.807, 2.05) is 0 Å². The van der Waals surface area contributed by atoms with Gasteiger partial charge < -0.3 is 4.42 Å². The van der Waals surface area contributed by atoms with Gasteiger partial charge in [-0.15, -0.1) is 0 Å². The van der Waals surface area contributed by atoms with Gasteiger partial charge in [-0.3, -0.25) is 14.2 Å². The summed E-state index contributed by atoms with van der Waals surface area (Å²) in [6.07, 6.45) is 0. The molecular formula is C12H14N2O4. The number of hydroxylamine groups is 2. The predicted octanol–water partition coefficient (Wildman–Crippen LogP) is 1.18. The van der Waals surface area contributed by atoms with Crippen LogP contribution < -0.4 is 5.76 Å². The Kier molecular flexibility index (Phi) is 3.20. The number of benzene rings is 1. The van der Waals surface area contributed by atoms with Crippen LogP contribution in [0.3, 0.4) is 0 Å². The van der Waals surface area contributed by atoms with Crippen LogP contribution in [0.15, 0.2) is 33.5 Å². The quantitative estimate of drug-likeness (QED) is 0.767. The second-order valence-electron chi connectivity index (χ2n) is 3.90. The molecule has 0 aliphatic heterocycles. The molecule has 96 valence electrons. The van der Waals surface area contributed by atoms with Crippen LogP contribution in [0.5, 0.6) is 0 Å². The molecule has 1 aromatic carbocycles. The normalized spacial score (nSPS) is 12.6. The van der Waals surface area contributed by atoms with Gasteiger partial charge >= 0.3 is 5.76 Å². The summed E-state index contributed by atoms with van der Waals surface area (Å²) in [5.41, 5.74) is 1.05. The van der Waals surface area contributed by atoms with Crippen LogP contribution >= 0.6 is 0 Å². The summed E-state index contributed by atoms with van der Waals surface area (Å²) in [7, 11) is 2.88. The van der Waals surface area contributed by atoms with E-state index in [0.717, 1.165) is 5.06 Å². The maximum atomic E-state index is 12.0. The van der Waals surface area contributed by atoms with Gasteiger partial charge in [0.1, 0.15) is 6.04 Å². The minimum atomic E-state index is -0.689. The van der Waals surface area contributed by atoms with Gasteiger partial charge in [0.15, 0.2) is 5.58 Å². The van der Waals surface area contributed by atoms with E-state index in [-0.39, 0.29) is 5.91 Å². The third-order valence-corrected chi connectivity index (χ3v) is 2.85. The van der Waals surface area contributed by atoms with Crippen LogP contribution in [-0.2, 0) is 9.63 Å². The van der Waals surface area contributed by atoms with E-state index in [9.17, 15) is 9.59 Å². The molecule has 1 amide bonds. The number of carbonyl (C=O) groups is 1. The van der Waals surface area contributed by atoms with E-state index in [2.05, 4.69) is 0 Å². The van der Waals surface area contributed by atoms with Crippen molar-refractivity contribution in [3.05, 3.63) is 34.8 Å². The van der Waals surface area contributed by atoms with Gasteiger partial charge in [-0.2, -0.15) is 0 Å². The second-order valence-corrected chi connectivity index (χ2v) is 3.90. The molecule has 0 aliphatic rings. The monoisotopic (exact) mass is 250 g/mol. The van der Waals surface area contributed by atoms with E-state index in [4.69, 9.17) is 9.25 Å². The number of oxazole rings is 1. The van der Waals surface area contributed by atoms with E-state index >= 15 is 0 Å².